The summed E-state index contributed by atoms with van der Waals surface area (Å²) in [4.78, 5) is 24.5. The fraction of sp³-hybridized carbons (Fsp3) is 0.571. The first-order valence-corrected chi connectivity index (χ1v) is 7.04. The minimum atomic E-state index is -0.205. The third kappa shape index (κ3) is 4.70. The van der Waals surface area contributed by atoms with Gasteiger partial charge < -0.3 is 15.0 Å². The van der Waals surface area contributed by atoms with Crippen molar-refractivity contribution in [3.8, 4) is 5.88 Å². The normalized spacial score (nSPS) is 18.2. The number of aryl methyl sites for hydroxylation is 1. The number of nitrogens with one attached hydrogen (secondary N) is 1. The molecule has 114 valence electrons. The zero-order chi connectivity index (χ0) is 15.2. The van der Waals surface area contributed by atoms with Crippen LogP contribution in [0.15, 0.2) is 12.1 Å². The molecule has 0 spiro atoms. The van der Waals surface area contributed by atoms with Gasteiger partial charge in [-0.3, -0.25) is 9.59 Å². The van der Waals surface area contributed by atoms with Gasteiger partial charge in [0.15, 0.2) is 0 Å². The second-order valence-electron chi connectivity index (χ2n) is 5.14. The lowest BCUT2D eigenvalue weighted by Crippen LogP contribution is -2.47. The molecule has 1 aromatic rings. The molecule has 1 saturated heterocycles. The number of nitrogens with zero attached hydrogens (tertiary/aromatic N) is 3. The molecule has 1 N–H and O–H groups in total. The molecule has 0 aliphatic carbocycles. The van der Waals surface area contributed by atoms with E-state index in [9.17, 15) is 9.59 Å². The first kappa shape index (κ1) is 15.2. The molecule has 1 aliphatic heterocycles. The standard InChI is InChI=1S/C14H20N4O3/c1-10-5-6-13(17-16-10)21-12-4-3-7-18(9-12)14(20)8-15-11(2)19/h5-6,12H,3-4,7-9H2,1-2H3,(H,15,19)/t12-/m1/s1. The van der Waals surface area contributed by atoms with Crippen LogP contribution in [0.5, 0.6) is 5.88 Å². The Labute approximate surface area is 123 Å². The predicted molar refractivity (Wildman–Crippen MR) is 75.7 cm³/mol. The number of rotatable bonds is 4. The van der Waals surface area contributed by atoms with Gasteiger partial charge in [0.05, 0.1) is 18.8 Å². The van der Waals surface area contributed by atoms with Crippen molar-refractivity contribution in [1.29, 1.82) is 0 Å². The molecule has 7 heteroatoms. The van der Waals surface area contributed by atoms with E-state index >= 15 is 0 Å². The van der Waals surface area contributed by atoms with E-state index in [1.54, 1.807) is 11.0 Å². The number of carbonyl (C=O) groups is 2. The average molecular weight is 292 g/mol. The van der Waals surface area contributed by atoms with Crippen molar-refractivity contribution in [3.05, 3.63) is 17.8 Å². The Balaban J connectivity index is 1.86. The van der Waals surface area contributed by atoms with E-state index in [0.717, 1.165) is 18.5 Å². The van der Waals surface area contributed by atoms with Crippen molar-refractivity contribution in [3.63, 3.8) is 0 Å². The van der Waals surface area contributed by atoms with Crippen molar-refractivity contribution >= 4 is 11.8 Å². The van der Waals surface area contributed by atoms with Crippen LogP contribution >= 0.6 is 0 Å². The summed E-state index contributed by atoms with van der Waals surface area (Å²) in [7, 11) is 0. The van der Waals surface area contributed by atoms with Crippen molar-refractivity contribution in [1.82, 2.24) is 20.4 Å². The van der Waals surface area contributed by atoms with Gasteiger partial charge in [0.1, 0.15) is 6.10 Å². The Morgan fingerprint density at radius 1 is 1.43 bits per heavy atom. The van der Waals surface area contributed by atoms with Gasteiger partial charge in [-0.15, -0.1) is 5.10 Å². The number of hydrogen-bond acceptors (Lipinski definition) is 5. The molecular weight excluding hydrogens is 272 g/mol. The summed E-state index contributed by atoms with van der Waals surface area (Å²) >= 11 is 0. The maximum atomic E-state index is 12.0. The van der Waals surface area contributed by atoms with Crippen molar-refractivity contribution in [2.75, 3.05) is 19.6 Å². The molecular formula is C14H20N4O3. The van der Waals surface area contributed by atoms with Crippen LogP contribution in [-0.4, -0.2) is 52.6 Å². The summed E-state index contributed by atoms with van der Waals surface area (Å²) in [5, 5.41) is 10.4. The lowest BCUT2D eigenvalue weighted by molar-refractivity contribution is -0.134. The second kappa shape index (κ2) is 7.01. The molecule has 1 atom stereocenters. The van der Waals surface area contributed by atoms with E-state index in [0.29, 0.717) is 19.0 Å². The van der Waals surface area contributed by atoms with Crippen molar-refractivity contribution in [2.45, 2.75) is 32.8 Å². The average Bonchev–Trinajstić information content (AvgIpc) is 2.47. The number of likely N-dealkylation sites (tertiary alicyclic amines) is 1. The van der Waals surface area contributed by atoms with E-state index in [1.807, 2.05) is 13.0 Å². The number of piperidine rings is 1. The van der Waals surface area contributed by atoms with E-state index in [2.05, 4.69) is 15.5 Å². The summed E-state index contributed by atoms with van der Waals surface area (Å²) in [5.41, 5.74) is 0.832. The fourth-order valence-electron chi connectivity index (χ4n) is 2.19. The first-order valence-electron chi connectivity index (χ1n) is 7.04. The summed E-state index contributed by atoms with van der Waals surface area (Å²) in [6.07, 6.45) is 1.66. The van der Waals surface area contributed by atoms with E-state index in [4.69, 9.17) is 4.74 Å². The molecule has 0 unspecified atom stereocenters. The smallest absolute Gasteiger partial charge is 0.242 e. The Morgan fingerprint density at radius 3 is 2.90 bits per heavy atom. The zero-order valence-electron chi connectivity index (χ0n) is 12.3. The Morgan fingerprint density at radius 2 is 2.24 bits per heavy atom. The highest BCUT2D eigenvalue weighted by Gasteiger charge is 2.25. The molecule has 1 aliphatic rings. The molecule has 0 bridgehead atoms. The first-order chi connectivity index (χ1) is 10.0. The fourth-order valence-corrected chi connectivity index (χ4v) is 2.19. The van der Waals surface area contributed by atoms with Gasteiger partial charge in [0.25, 0.3) is 0 Å². The Hall–Kier alpha value is -2.18. The minimum Gasteiger partial charge on any atom is -0.471 e. The monoisotopic (exact) mass is 292 g/mol. The molecule has 7 nitrogen and oxygen atoms in total. The van der Waals surface area contributed by atoms with Gasteiger partial charge in [-0.05, 0) is 25.8 Å². The lowest BCUT2D eigenvalue weighted by Gasteiger charge is -2.32. The van der Waals surface area contributed by atoms with E-state index in [-0.39, 0.29) is 24.5 Å². The number of ether oxygens (including phenoxy) is 1. The second-order valence-corrected chi connectivity index (χ2v) is 5.14. The molecule has 0 aromatic carbocycles. The van der Waals surface area contributed by atoms with Crippen molar-refractivity contribution in [2.24, 2.45) is 0 Å². The molecule has 0 saturated carbocycles. The Kier molecular flexibility index (Phi) is 5.08. The van der Waals surface area contributed by atoms with Gasteiger partial charge in [0, 0.05) is 19.5 Å². The quantitative estimate of drug-likeness (QED) is 0.862. The van der Waals surface area contributed by atoms with Crippen LogP contribution in [0, 0.1) is 6.92 Å². The topological polar surface area (TPSA) is 84.4 Å². The van der Waals surface area contributed by atoms with Crippen LogP contribution in [0.25, 0.3) is 0 Å². The highest BCUT2D eigenvalue weighted by atomic mass is 16.5. The van der Waals surface area contributed by atoms with Crippen molar-refractivity contribution < 1.29 is 14.3 Å². The van der Waals surface area contributed by atoms with E-state index < -0.39 is 0 Å². The lowest BCUT2D eigenvalue weighted by atomic mass is 10.1. The third-order valence-electron chi connectivity index (χ3n) is 3.28. The molecule has 1 fully saturated rings. The molecule has 0 radical (unpaired) electrons. The summed E-state index contributed by atoms with van der Waals surface area (Å²) in [6, 6.07) is 3.62. The number of amides is 2. The summed E-state index contributed by atoms with van der Waals surface area (Å²) < 4.78 is 5.76. The predicted octanol–water partition coefficient (Wildman–Crippen LogP) is 0.291. The van der Waals surface area contributed by atoms with E-state index in [1.165, 1.54) is 6.92 Å². The maximum Gasteiger partial charge on any atom is 0.242 e. The van der Waals surface area contributed by atoms with Crippen LogP contribution < -0.4 is 10.1 Å². The van der Waals surface area contributed by atoms with Gasteiger partial charge in [-0.2, -0.15) is 5.10 Å². The van der Waals surface area contributed by atoms with Gasteiger partial charge >= 0.3 is 0 Å². The highest BCUT2D eigenvalue weighted by Crippen LogP contribution is 2.16. The van der Waals surface area contributed by atoms with Gasteiger partial charge in [0.2, 0.25) is 17.7 Å². The SMILES string of the molecule is CC(=O)NCC(=O)N1CCC[C@@H](Oc2ccc(C)nn2)C1. The van der Waals surface area contributed by atoms with Gasteiger partial charge in [-0.25, -0.2) is 0 Å². The van der Waals surface area contributed by atoms with Crippen LogP contribution in [0.3, 0.4) is 0 Å². The largest absolute Gasteiger partial charge is 0.471 e. The summed E-state index contributed by atoms with van der Waals surface area (Å²) in [6.45, 7) is 4.49. The number of hydrogen-bond donors (Lipinski definition) is 1. The van der Waals surface area contributed by atoms with Crippen LogP contribution in [-0.2, 0) is 9.59 Å². The van der Waals surface area contributed by atoms with Gasteiger partial charge in [-0.1, -0.05) is 0 Å². The summed E-state index contributed by atoms with van der Waals surface area (Å²) in [5.74, 6) is 0.179. The van der Waals surface area contributed by atoms with Crippen LogP contribution in [0.1, 0.15) is 25.5 Å². The maximum absolute atomic E-state index is 12.0. The molecule has 2 heterocycles. The molecule has 2 rings (SSSR count). The molecule has 1 aromatic heterocycles. The Bertz CT molecular complexity index is 503. The van der Waals surface area contributed by atoms with Crippen LogP contribution in [0.2, 0.25) is 0 Å². The molecule has 2 amide bonds. The molecule has 21 heavy (non-hydrogen) atoms. The number of carbonyl (C=O) groups excluding carboxylic acids is 2. The highest BCUT2D eigenvalue weighted by molar-refractivity contribution is 5.83. The number of aromatic nitrogens is 2. The minimum absolute atomic E-state index is 0.0341. The van der Waals surface area contributed by atoms with Crippen LogP contribution in [0.4, 0.5) is 0 Å². The third-order valence-corrected chi connectivity index (χ3v) is 3.28. The zero-order valence-corrected chi connectivity index (χ0v) is 12.3.